The fourth-order valence-electron chi connectivity index (χ4n) is 3.26. The van der Waals surface area contributed by atoms with Crippen molar-refractivity contribution < 1.29 is 18.0 Å². The van der Waals surface area contributed by atoms with Gasteiger partial charge < -0.3 is 15.3 Å². The van der Waals surface area contributed by atoms with Crippen LogP contribution in [-0.4, -0.2) is 30.6 Å². The van der Waals surface area contributed by atoms with Gasteiger partial charge in [-0.1, -0.05) is 13.8 Å². The van der Waals surface area contributed by atoms with E-state index < -0.39 is 17.6 Å². The topological polar surface area (TPSA) is 108 Å². The van der Waals surface area contributed by atoms with E-state index in [1.165, 1.54) is 16.9 Å². The van der Waals surface area contributed by atoms with Gasteiger partial charge in [-0.05, 0) is 36.2 Å². The Bertz CT molecular complexity index is 1320. The number of aromatic nitrogens is 5. The van der Waals surface area contributed by atoms with Gasteiger partial charge in [-0.15, -0.1) is 0 Å². The Morgan fingerprint density at radius 1 is 1.10 bits per heavy atom. The smallest absolute Gasteiger partial charge is 0.322 e. The van der Waals surface area contributed by atoms with Gasteiger partial charge in [0, 0.05) is 11.9 Å². The van der Waals surface area contributed by atoms with Gasteiger partial charge in [0.25, 0.3) is 5.91 Å². The molecule has 0 aliphatic carbocycles. The number of halogens is 3. The number of fused-ring (bicyclic) bond motifs is 1. The Morgan fingerprint density at radius 2 is 1.84 bits per heavy atom. The minimum atomic E-state index is -4.49. The maximum absolute atomic E-state index is 12.9. The Kier molecular flexibility index (Phi) is 4.88. The summed E-state index contributed by atoms with van der Waals surface area (Å²) >= 11 is 0. The second-order valence-corrected chi connectivity index (χ2v) is 7.21. The number of nitrogens with one attached hydrogen (secondary N) is 3. The number of aromatic amines is 2. The van der Waals surface area contributed by atoms with Crippen LogP contribution in [0.3, 0.4) is 0 Å². The zero-order chi connectivity index (χ0) is 22.3. The third-order valence-electron chi connectivity index (χ3n) is 4.66. The molecule has 11 heteroatoms. The third kappa shape index (κ3) is 3.93. The van der Waals surface area contributed by atoms with Gasteiger partial charge in [-0.3, -0.25) is 4.79 Å². The second kappa shape index (κ2) is 7.42. The van der Waals surface area contributed by atoms with Gasteiger partial charge in [0.1, 0.15) is 0 Å². The summed E-state index contributed by atoms with van der Waals surface area (Å²) in [6.45, 7) is 3.68. The van der Waals surface area contributed by atoms with Crippen molar-refractivity contribution in [3.8, 4) is 5.82 Å². The number of imidazole rings is 1. The van der Waals surface area contributed by atoms with Crippen LogP contribution in [-0.2, 0) is 6.18 Å². The molecule has 4 rings (SSSR count). The highest BCUT2D eigenvalue weighted by Gasteiger charge is 2.31. The quantitative estimate of drug-likeness (QED) is 0.457. The largest absolute Gasteiger partial charge is 0.417 e. The van der Waals surface area contributed by atoms with Crippen molar-refractivity contribution in [3.63, 3.8) is 0 Å². The number of H-pyrrole nitrogens is 2. The Morgan fingerprint density at radius 3 is 2.48 bits per heavy atom. The molecule has 8 nitrogen and oxygen atoms in total. The number of pyridine rings is 1. The molecule has 0 saturated carbocycles. The molecular weight excluding hydrogens is 413 g/mol. The van der Waals surface area contributed by atoms with Gasteiger partial charge in [0.05, 0.1) is 34.1 Å². The zero-order valence-corrected chi connectivity index (χ0v) is 16.4. The third-order valence-corrected chi connectivity index (χ3v) is 4.66. The van der Waals surface area contributed by atoms with E-state index in [-0.39, 0.29) is 23.0 Å². The summed E-state index contributed by atoms with van der Waals surface area (Å²) in [7, 11) is 0. The fourth-order valence-corrected chi connectivity index (χ4v) is 3.26. The molecule has 0 unspecified atom stereocenters. The van der Waals surface area contributed by atoms with E-state index in [1.807, 2.05) is 13.8 Å². The number of hydrogen-bond acceptors (Lipinski definition) is 4. The molecule has 0 aliphatic rings. The minimum Gasteiger partial charge on any atom is -0.322 e. The standard InChI is InChI=1S/C20H17F3N6O2/c1-10(2)17-13(9-25-29(17)16-6-3-11(8-24-16)20(21,22)23)18(30)26-12-4-5-14-15(7-12)28-19(31)27-14/h3-10H,1-2H3,(H,26,30)(H2,27,28,31). The number of nitrogens with zero attached hydrogens (tertiary/aromatic N) is 3. The summed E-state index contributed by atoms with van der Waals surface area (Å²) in [5.41, 5.74) is 1.14. The molecule has 3 aromatic heterocycles. The van der Waals surface area contributed by atoms with Gasteiger partial charge in [0.2, 0.25) is 0 Å². The lowest BCUT2D eigenvalue weighted by atomic mass is 10.1. The molecule has 3 N–H and O–H groups in total. The molecule has 31 heavy (non-hydrogen) atoms. The van der Waals surface area contributed by atoms with E-state index >= 15 is 0 Å². The molecule has 0 bridgehead atoms. The van der Waals surface area contributed by atoms with Gasteiger partial charge >= 0.3 is 11.9 Å². The number of alkyl halides is 3. The van der Waals surface area contributed by atoms with E-state index in [4.69, 9.17) is 0 Å². The van der Waals surface area contributed by atoms with Crippen LogP contribution in [0.2, 0.25) is 0 Å². The lowest BCUT2D eigenvalue weighted by molar-refractivity contribution is -0.137. The average molecular weight is 430 g/mol. The molecule has 0 radical (unpaired) electrons. The molecule has 160 valence electrons. The number of benzene rings is 1. The number of hydrogen-bond donors (Lipinski definition) is 3. The van der Waals surface area contributed by atoms with E-state index in [9.17, 15) is 22.8 Å². The molecule has 3 heterocycles. The van der Waals surface area contributed by atoms with Crippen LogP contribution in [0.5, 0.6) is 0 Å². The maximum Gasteiger partial charge on any atom is 0.417 e. The highest BCUT2D eigenvalue weighted by molar-refractivity contribution is 6.05. The molecular formula is C20H17F3N6O2. The van der Waals surface area contributed by atoms with Gasteiger partial charge in [-0.25, -0.2) is 14.5 Å². The number of anilines is 1. The first-order valence-electron chi connectivity index (χ1n) is 9.28. The van der Waals surface area contributed by atoms with E-state index in [0.29, 0.717) is 22.4 Å². The summed E-state index contributed by atoms with van der Waals surface area (Å²) < 4.78 is 39.8. The van der Waals surface area contributed by atoms with Crippen LogP contribution in [0, 0.1) is 0 Å². The Labute approximate surface area is 173 Å². The highest BCUT2D eigenvalue weighted by atomic mass is 19.4. The molecule has 0 fully saturated rings. The number of carbonyl (C=O) groups excluding carboxylic acids is 1. The average Bonchev–Trinajstić information content (AvgIpc) is 3.30. The Hall–Kier alpha value is -3.89. The second-order valence-electron chi connectivity index (χ2n) is 7.21. The summed E-state index contributed by atoms with van der Waals surface area (Å²) in [4.78, 5) is 33.4. The highest BCUT2D eigenvalue weighted by Crippen LogP contribution is 2.29. The van der Waals surface area contributed by atoms with Crippen molar-refractivity contribution in [1.29, 1.82) is 0 Å². The van der Waals surface area contributed by atoms with Crippen molar-refractivity contribution in [2.45, 2.75) is 25.9 Å². The van der Waals surface area contributed by atoms with Gasteiger partial charge in [-0.2, -0.15) is 18.3 Å². The first-order valence-corrected chi connectivity index (χ1v) is 9.28. The van der Waals surface area contributed by atoms with Crippen molar-refractivity contribution in [3.05, 3.63) is 70.0 Å². The first-order chi connectivity index (χ1) is 14.6. The van der Waals surface area contributed by atoms with Crippen LogP contribution >= 0.6 is 0 Å². The molecule has 1 aromatic carbocycles. The van der Waals surface area contributed by atoms with Crippen molar-refractivity contribution in [1.82, 2.24) is 24.7 Å². The number of rotatable bonds is 4. The van der Waals surface area contributed by atoms with E-state index in [1.54, 1.807) is 18.2 Å². The summed E-state index contributed by atoms with van der Waals surface area (Å²) in [5.74, 6) is -0.447. The van der Waals surface area contributed by atoms with Crippen LogP contribution < -0.4 is 11.0 Å². The summed E-state index contributed by atoms with van der Waals surface area (Å²) in [6.07, 6.45) is -2.42. The minimum absolute atomic E-state index is 0.169. The molecule has 0 atom stereocenters. The van der Waals surface area contributed by atoms with Crippen LogP contribution in [0.4, 0.5) is 18.9 Å². The van der Waals surface area contributed by atoms with E-state index in [2.05, 4.69) is 25.4 Å². The van der Waals surface area contributed by atoms with Crippen molar-refractivity contribution >= 4 is 22.6 Å². The molecule has 0 aliphatic heterocycles. The van der Waals surface area contributed by atoms with Crippen molar-refractivity contribution in [2.24, 2.45) is 0 Å². The van der Waals surface area contributed by atoms with Crippen LogP contribution in [0.15, 0.2) is 47.5 Å². The molecule has 0 saturated heterocycles. The SMILES string of the molecule is CC(C)c1c(C(=O)Nc2ccc3[nH]c(=O)[nH]c3c2)cnn1-c1ccc(C(F)(F)F)cn1. The van der Waals surface area contributed by atoms with Crippen molar-refractivity contribution in [2.75, 3.05) is 5.32 Å². The summed E-state index contributed by atoms with van der Waals surface area (Å²) in [6, 6.07) is 7.03. The predicted octanol–water partition coefficient (Wildman–Crippen LogP) is 3.83. The molecule has 4 aromatic rings. The fraction of sp³-hybridized carbons (Fsp3) is 0.200. The number of amides is 1. The lowest BCUT2D eigenvalue weighted by Crippen LogP contribution is -2.16. The van der Waals surface area contributed by atoms with Crippen LogP contribution in [0.1, 0.15) is 41.4 Å². The molecule has 0 spiro atoms. The lowest BCUT2D eigenvalue weighted by Gasteiger charge is -2.13. The van der Waals surface area contributed by atoms with Gasteiger partial charge in [0.15, 0.2) is 5.82 Å². The number of carbonyl (C=O) groups is 1. The monoisotopic (exact) mass is 430 g/mol. The summed E-state index contributed by atoms with van der Waals surface area (Å²) in [5, 5.41) is 6.93. The Balaban J connectivity index is 1.66. The maximum atomic E-state index is 12.9. The first kappa shape index (κ1) is 20.4. The predicted molar refractivity (Wildman–Crippen MR) is 107 cm³/mol. The zero-order valence-electron chi connectivity index (χ0n) is 16.4. The molecule has 1 amide bonds. The van der Waals surface area contributed by atoms with Crippen LogP contribution in [0.25, 0.3) is 16.9 Å². The normalized spacial score (nSPS) is 11.9. The van der Waals surface area contributed by atoms with E-state index in [0.717, 1.165) is 12.3 Å².